The molecule has 35 heavy (non-hydrogen) atoms. The molecule has 0 saturated heterocycles. The molecule has 186 valence electrons. The largest absolute Gasteiger partial charge is 0.369 e. The minimum atomic E-state index is -1.07. The van der Waals surface area contributed by atoms with Gasteiger partial charge in [0, 0.05) is 68.4 Å². The van der Waals surface area contributed by atoms with E-state index >= 15 is 0 Å². The van der Waals surface area contributed by atoms with Gasteiger partial charge in [0.15, 0.2) is 0 Å². The molecule has 0 aromatic carbocycles. The first-order valence-corrected chi connectivity index (χ1v) is 16.2. The van der Waals surface area contributed by atoms with Crippen molar-refractivity contribution in [2.45, 2.75) is 45.6 Å². The van der Waals surface area contributed by atoms with Gasteiger partial charge < -0.3 is 19.9 Å². The van der Waals surface area contributed by atoms with Crippen molar-refractivity contribution >= 4 is 40.7 Å². The molecule has 4 rings (SSSR count). The van der Waals surface area contributed by atoms with Crippen molar-refractivity contribution in [1.82, 2.24) is 29.3 Å². The predicted molar refractivity (Wildman–Crippen MR) is 145 cm³/mol. The summed E-state index contributed by atoms with van der Waals surface area (Å²) in [6, 6.07) is 3.03. The van der Waals surface area contributed by atoms with Crippen molar-refractivity contribution in [3.63, 3.8) is 0 Å². The quantitative estimate of drug-likeness (QED) is 0.138. The van der Waals surface area contributed by atoms with Gasteiger partial charge in [0.05, 0.1) is 23.8 Å². The molecule has 4 aromatic rings. The van der Waals surface area contributed by atoms with E-state index in [1.165, 1.54) is 4.68 Å². The minimum Gasteiger partial charge on any atom is -0.369 e. The lowest BCUT2D eigenvalue weighted by Crippen LogP contribution is -2.23. The van der Waals surface area contributed by atoms with Crippen LogP contribution in [0.15, 0.2) is 41.7 Å². The van der Waals surface area contributed by atoms with E-state index in [2.05, 4.69) is 35.2 Å². The third kappa shape index (κ3) is 5.98. The second-order valence-electron chi connectivity index (χ2n) is 9.94. The summed E-state index contributed by atoms with van der Waals surface area (Å²) in [5, 5.41) is 21.7. The summed E-state index contributed by atoms with van der Waals surface area (Å²) < 4.78 is 10.8. The molecular formula is C24H33N7O2SSi. The smallest absolute Gasteiger partial charge is 0.276 e. The SMILES string of the molecule is Cc1c2c(=O)n(Cc3ccn(C)n3)ncc2c2sc(CC(=N)/C=C\NCOCC[Si](C)(C)C)cn12. The molecule has 2 N–H and O–H groups in total. The predicted octanol–water partition coefficient (Wildman–Crippen LogP) is 3.78. The minimum absolute atomic E-state index is 0.114. The van der Waals surface area contributed by atoms with Crippen LogP contribution in [0, 0.1) is 12.3 Å². The van der Waals surface area contributed by atoms with E-state index in [1.54, 1.807) is 34.5 Å². The van der Waals surface area contributed by atoms with Crippen LogP contribution in [0.3, 0.4) is 0 Å². The molecule has 0 radical (unpaired) electrons. The molecule has 0 aliphatic carbocycles. The van der Waals surface area contributed by atoms with Crippen LogP contribution >= 0.6 is 11.3 Å². The Hall–Kier alpha value is -3.02. The van der Waals surface area contributed by atoms with E-state index < -0.39 is 8.07 Å². The highest BCUT2D eigenvalue weighted by molar-refractivity contribution is 7.18. The zero-order chi connectivity index (χ0) is 25.2. The van der Waals surface area contributed by atoms with E-state index in [0.717, 1.165) is 39.1 Å². The number of allylic oxidation sites excluding steroid dienone is 1. The fourth-order valence-corrected chi connectivity index (χ4v) is 5.76. The molecule has 0 fully saturated rings. The second-order valence-corrected chi connectivity index (χ2v) is 16.7. The highest BCUT2D eigenvalue weighted by Gasteiger charge is 2.17. The van der Waals surface area contributed by atoms with Crippen molar-refractivity contribution in [3.8, 4) is 0 Å². The van der Waals surface area contributed by atoms with Crippen LogP contribution in [0.2, 0.25) is 25.7 Å². The number of ether oxygens (including phenoxy) is 1. The molecule has 0 aliphatic rings. The Morgan fingerprint density at radius 2 is 2.14 bits per heavy atom. The Bertz CT molecular complexity index is 1440. The molecule has 0 unspecified atom stereocenters. The first kappa shape index (κ1) is 25.1. The monoisotopic (exact) mass is 511 g/mol. The van der Waals surface area contributed by atoms with Gasteiger partial charge in [-0.25, -0.2) is 4.68 Å². The summed E-state index contributed by atoms with van der Waals surface area (Å²) in [6.07, 6.45) is 9.69. The topological polar surface area (TPSA) is 102 Å². The Morgan fingerprint density at radius 3 is 2.86 bits per heavy atom. The number of nitrogens with one attached hydrogen (secondary N) is 2. The molecule has 0 spiro atoms. The Balaban J connectivity index is 1.41. The summed E-state index contributed by atoms with van der Waals surface area (Å²) in [4.78, 5) is 15.2. The standard InChI is InChI=1S/C24H33N7O2SSi/c1-17-22-21(13-27-31(23(22)32)14-19-7-9-29(2)28-19)24-30(17)15-20(34-24)12-18(25)6-8-26-16-33-10-11-35(3,4)5/h6-9,13,15,25-26H,10-12,14,16H2,1-5H3/b8-6-,25-18?. The van der Waals surface area contributed by atoms with Crippen LogP contribution in [-0.2, 0) is 24.8 Å². The molecule has 0 saturated carbocycles. The van der Waals surface area contributed by atoms with Gasteiger partial charge in [0.1, 0.15) is 11.6 Å². The molecule has 4 heterocycles. The number of thiazole rings is 1. The van der Waals surface area contributed by atoms with E-state index in [4.69, 9.17) is 10.1 Å². The van der Waals surface area contributed by atoms with Gasteiger partial charge in [0.25, 0.3) is 5.56 Å². The molecule has 11 heteroatoms. The zero-order valence-corrected chi connectivity index (χ0v) is 22.8. The van der Waals surface area contributed by atoms with Crippen molar-refractivity contribution in [3.05, 3.63) is 63.6 Å². The zero-order valence-electron chi connectivity index (χ0n) is 21.0. The fourth-order valence-electron chi connectivity index (χ4n) is 3.82. The fraction of sp³-hybridized carbons (Fsp3) is 0.417. The first-order valence-electron chi connectivity index (χ1n) is 11.6. The molecule has 0 aliphatic heterocycles. The molecule has 0 atom stereocenters. The lowest BCUT2D eigenvalue weighted by molar-refractivity contribution is 0.137. The van der Waals surface area contributed by atoms with Gasteiger partial charge in [-0.15, -0.1) is 11.3 Å². The number of nitrogens with zero attached hydrogens (tertiary/aromatic N) is 5. The highest BCUT2D eigenvalue weighted by atomic mass is 32.1. The average molecular weight is 512 g/mol. The van der Waals surface area contributed by atoms with Crippen molar-refractivity contribution < 1.29 is 4.74 Å². The number of hydrogen-bond acceptors (Lipinski definition) is 7. The Kier molecular flexibility index (Phi) is 7.38. The number of aromatic nitrogens is 5. The van der Waals surface area contributed by atoms with Gasteiger partial charge in [-0.3, -0.25) is 9.48 Å². The van der Waals surface area contributed by atoms with Crippen LogP contribution in [-0.4, -0.2) is 51.1 Å². The molecule has 4 aromatic heterocycles. The summed E-state index contributed by atoms with van der Waals surface area (Å²) in [5.74, 6) is 0. The van der Waals surface area contributed by atoms with Crippen LogP contribution in [0.4, 0.5) is 0 Å². The average Bonchev–Trinajstić information content (AvgIpc) is 3.45. The van der Waals surface area contributed by atoms with Crippen molar-refractivity contribution in [2.75, 3.05) is 13.3 Å². The van der Waals surface area contributed by atoms with Crippen LogP contribution < -0.4 is 10.9 Å². The Labute approximate surface area is 209 Å². The lowest BCUT2D eigenvalue weighted by atomic mass is 10.2. The van der Waals surface area contributed by atoms with E-state index in [-0.39, 0.29) is 5.56 Å². The maximum Gasteiger partial charge on any atom is 0.276 e. The number of hydrogen-bond donors (Lipinski definition) is 2. The summed E-state index contributed by atoms with van der Waals surface area (Å²) in [7, 11) is 0.781. The molecular weight excluding hydrogens is 478 g/mol. The molecule has 0 bridgehead atoms. The van der Waals surface area contributed by atoms with Gasteiger partial charge in [-0.05, 0) is 25.1 Å². The summed E-state index contributed by atoms with van der Waals surface area (Å²) >= 11 is 1.59. The van der Waals surface area contributed by atoms with Crippen LogP contribution in [0.25, 0.3) is 15.6 Å². The van der Waals surface area contributed by atoms with E-state index in [1.807, 2.05) is 36.8 Å². The third-order valence-corrected chi connectivity index (χ3v) is 8.57. The van der Waals surface area contributed by atoms with Gasteiger partial charge in [-0.1, -0.05) is 19.6 Å². The van der Waals surface area contributed by atoms with Gasteiger partial charge in [0.2, 0.25) is 0 Å². The number of rotatable bonds is 11. The van der Waals surface area contributed by atoms with Crippen LogP contribution in [0.1, 0.15) is 16.3 Å². The maximum atomic E-state index is 13.2. The number of aryl methyl sites for hydroxylation is 2. The van der Waals surface area contributed by atoms with Gasteiger partial charge in [-0.2, -0.15) is 10.2 Å². The third-order valence-electron chi connectivity index (χ3n) is 5.75. The molecule has 9 nitrogen and oxygen atoms in total. The van der Waals surface area contributed by atoms with Crippen molar-refractivity contribution in [1.29, 1.82) is 5.41 Å². The summed E-state index contributed by atoms with van der Waals surface area (Å²) in [6.45, 7) is 10.5. The van der Waals surface area contributed by atoms with Crippen molar-refractivity contribution in [2.24, 2.45) is 7.05 Å². The first-order chi connectivity index (χ1) is 16.6. The van der Waals surface area contributed by atoms with Crippen LogP contribution in [0.5, 0.6) is 0 Å². The molecule has 0 amide bonds. The number of fused-ring (bicyclic) bond motifs is 3. The lowest BCUT2D eigenvalue weighted by Gasteiger charge is -2.15. The highest BCUT2D eigenvalue weighted by Crippen LogP contribution is 2.30. The van der Waals surface area contributed by atoms with E-state index in [9.17, 15) is 4.79 Å². The normalized spacial score (nSPS) is 12.4. The Morgan fingerprint density at radius 1 is 1.34 bits per heavy atom. The van der Waals surface area contributed by atoms with E-state index in [0.29, 0.717) is 30.8 Å². The maximum absolute atomic E-state index is 13.2. The summed E-state index contributed by atoms with van der Waals surface area (Å²) in [5.41, 5.74) is 2.07. The van der Waals surface area contributed by atoms with Gasteiger partial charge >= 0.3 is 0 Å². The second kappa shape index (κ2) is 10.3.